The lowest BCUT2D eigenvalue weighted by molar-refractivity contribution is -0.131. The number of benzene rings is 1. The second-order valence-corrected chi connectivity index (χ2v) is 5.29. The number of ether oxygens (including phenoxy) is 1. The van der Waals surface area contributed by atoms with Gasteiger partial charge in [0, 0.05) is 24.9 Å². The lowest BCUT2D eigenvalue weighted by Gasteiger charge is -2.30. The topological polar surface area (TPSA) is 49.8 Å². The van der Waals surface area contributed by atoms with Crippen LogP contribution < -0.4 is 9.64 Å². The average molecular weight is 275 g/mol. The minimum Gasteiger partial charge on any atom is -0.491 e. The Morgan fingerprint density at radius 2 is 1.85 bits per heavy atom. The van der Waals surface area contributed by atoms with Crippen molar-refractivity contribution < 1.29 is 14.6 Å². The summed E-state index contributed by atoms with van der Waals surface area (Å²) in [4.78, 5) is 12.9. The van der Waals surface area contributed by atoms with Crippen LogP contribution in [0.15, 0.2) is 35.9 Å². The van der Waals surface area contributed by atoms with Gasteiger partial charge in [0.05, 0.1) is 6.10 Å². The van der Waals surface area contributed by atoms with E-state index in [2.05, 4.69) is 17.0 Å². The molecule has 1 aliphatic heterocycles. The standard InChI is InChI=1S/C16H21NO3/c1-12(2)20-15-5-3-14(4-6-15)17-9-7-13(8-10-17)11-16(18)19/h3-6,11-12H,7-10H2,1-2H3,(H,18,19). The monoisotopic (exact) mass is 275 g/mol. The molecule has 4 heteroatoms. The maximum absolute atomic E-state index is 10.6. The Labute approximate surface area is 119 Å². The fourth-order valence-electron chi connectivity index (χ4n) is 2.38. The van der Waals surface area contributed by atoms with Crippen molar-refractivity contribution in [1.82, 2.24) is 0 Å². The number of carboxylic acid groups (broad SMARTS) is 1. The highest BCUT2D eigenvalue weighted by Gasteiger charge is 2.15. The Hall–Kier alpha value is -1.97. The van der Waals surface area contributed by atoms with E-state index in [1.165, 1.54) is 6.08 Å². The number of carboxylic acids is 1. The second kappa shape index (κ2) is 6.46. The smallest absolute Gasteiger partial charge is 0.328 e. The number of hydrogen-bond acceptors (Lipinski definition) is 3. The van der Waals surface area contributed by atoms with Crippen molar-refractivity contribution >= 4 is 11.7 Å². The minimum atomic E-state index is -0.844. The molecule has 0 saturated carbocycles. The third-order valence-corrected chi connectivity index (χ3v) is 3.31. The van der Waals surface area contributed by atoms with Gasteiger partial charge in [-0.15, -0.1) is 0 Å². The summed E-state index contributed by atoms with van der Waals surface area (Å²) in [6, 6.07) is 8.09. The van der Waals surface area contributed by atoms with E-state index in [9.17, 15) is 4.79 Å². The van der Waals surface area contributed by atoms with Crippen LogP contribution >= 0.6 is 0 Å². The number of piperidine rings is 1. The Balaban J connectivity index is 1.95. The van der Waals surface area contributed by atoms with Gasteiger partial charge in [0.15, 0.2) is 0 Å². The lowest BCUT2D eigenvalue weighted by Crippen LogP contribution is -2.30. The normalized spacial score (nSPS) is 15.3. The van der Waals surface area contributed by atoms with Crippen LogP contribution in [-0.2, 0) is 4.79 Å². The first-order valence-corrected chi connectivity index (χ1v) is 6.98. The second-order valence-electron chi connectivity index (χ2n) is 5.29. The van der Waals surface area contributed by atoms with E-state index in [0.29, 0.717) is 0 Å². The molecular weight excluding hydrogens is 254 g/mol. The number of rotatable bonds is 4. The van der Waals surface area contributed by atoms with Gasteiger partial charge in [-0.25, -0.2) is 4.79 Å². The molecule has 2 rings (SSSR count). The molecule has 1 aromatic rings. The zero-order chi connectivity index (χ0) is 14.5. The molecule has 1 heterocycles. The van der Waals surface area contributed by atoms with Gasteiger partial charge in [-0.3, -0.25) is 0 Å². The summed E-state index contributed by atoms with van der Waals surface area (Å²) in [6.45, 7) is 5.75. The predicted octanol–water partition coefficient (Wildman–Crippen LogP) is 3.09. The number of aliphatic carboxylic acids is 1. The van der Waals surface area contributed by atoms with E-state index in [-0.39, 0.29) is 6.10 Å². The highest BCUT2D eigenvalue weighted by atomic mass is 16.5. The van der Waals surface area contributed by atoms with Crippen molar-refractivity contribution in [2.24, 2.45) is 0 Å². The molecular formula is C16H21NO3. The number of carbonyl (C=O) groups is 1. The van der Waals surface area contributed by atoms with Crippen molar-refractivity contribution in [2.75, 3.05) is 18.0 Å². The molecule has 0 spiro atoms. The van der Waals surface area contributed by atoms with Crippen LogP contribution in [0.5, 0.6) is 5.75 Å². The third-order valence-electron chi connectivity index (χ3n) is 3.31. The predicted molar refractivity (Wildman–Crippen MR) is 79.4 cm³/mol. The molecule has 0 atom stereocenters. The lowest BCUT2D eigenvalue weighted by atomic mass is 10.0. The van der Waals surface area contributed by atoms with Crippen LogP contribution in [0.2, 0.25) is 0 Å². The first-order chi connectivity index (χ1) is 9.54. The fourth-order valence-corrected chi connectivity index (χ4v) is 2.38. The molecule has 0 amide bonds. The average Bonchev–Trinajstić information content (AvgIpc) is 2.39. The maximum Gasteiger partial charge on any atom is 0.328 e. The molecule has 1 fully saturated rings. The zero-order valence-corrected chi connectivity index (χ0v) is 12.0. The molecule has 108 valence electrons. The summed E-state index contributed by atoms with van der Waals surface area (Å²) in [7, 11) is 0. The van der Waals surface area contributed by atoms with Crippen LogP contribution in [0.1, 0.15) is 26.7 Å². The highest BCUT2D eigenvalue weighted by molar-refractivity contribution is 5.80. The summed E-state index contributed by atoms with van der Waals surface area (Å²) in [6.07, 6.45) is 3.16. The van der Waals surface area contributed by atoms with Gasteiger partial charge in [-0.1, -0.05) is 5.57 Å². The molecule has 0 bridgehead atoms. The van der Waals surface area contributed by atoms with Gasteiger partial charge in [0.2, 0.25) is 0 Å². The van der Waals surface area contributed by atoms with Crippen molar-refractivity contribution in [1.29, 1.82) is 0 Å². The van der Waals surface area contributed by atoms with Gasteiger partial charge in [0.1, 0.15) is 5.75 Å². The Morgan fingerprint density at radius 3 is 2.35 bits per heavy atom. The van der Waals surface area contributed by atoms with E-state index in [4.69, 9.17) is 9.84 Å². The summed E-state index contributed by atoms with van der Waals surface area (Å²) >= 11 is 0. The van der Waals surface area contributed by atoms with Gasteiger partial charge in [-0.2, -0.15) is 0 Å². The molecule has 20 heavy (non-hydrogen) atoms. The fraction of sp³-hybridized carbons (Fsp3) is 0.438. The largest absolute Gasteiger partial charge is 0.491 e. The van der Waals surface area contributed by atoms with E-state index in [1.807, 2.05) is 26.0 Å². The Morgan fingerprint density at radius 1 is 1.25 bits per heavy atom. The molecule has 4 nitrogen and oxygen atoms in total. The van der Waals surface area contributed by atoms with Crippen LogP contribution in [0, 0.1) is 0 Å². The summed E-state index contributed by atoms with van der Waals surface area (Å²) in [5.41, 5.74) is 2.18. The van der Waals surface area contributed by atoms with Crippen LogP contribution in [0.3, 0.4) is 0 Å². The van der Waals surface area contributed by atoms with Crippen LogP contribution in [0.4, 0.5) is 5.69 Å². The first kappa shape index (κ1) is 14.4. The van der Waals surface area contributed by atoms with E-state index >= 15 is 0 Å². The Kier molecular flexibility index (Phi) is 4.66. The van der Waals surface area contributed by atoms with Crippen molar-refractivity contribution in [3.63, 3.8) is 0 Å². The SMILES string of the molecule is CC(C)Oc1ccc(N2CCC(=CC(=O)O)CC2)cc1. The maximum atomic E-state index is 10.6. The molecule has 1 saturated heterocycles. The van der Waals surface area contributed by atoms with Gasteiger partial charge < -0.3 is 14.7 Å². The number of hydrogen-bond donors (Lipinski definition) is 1. The highest BCUT2D eigenvalue weighted by Crippen LogP contribution is 2.25. The Bertz CT molecular complexity index is 481. The molecule has 0 aliphatic carbocycles. The van der Waals surface area contributed by atoms with Gasteiger partial charge in [0.25, 0.3) is 0 Å². The zero-order valence-electron chi connectivity index (χ0n) is 12.0. The van der Waals surface area contributed by atoms with Crippen molar-refractivity contribution in [2.45, 2.75) is 32.8 Å². The van der Waals surface area contributed by atoms with Crippen molar-refractivity contribution in [3.8, 4) is 5.75 Å². The van der Waals surface area contributed by atoms with Crippen LogP contribution in [-0.4, -0.2) is 30.3 Å². The third kappa shape index (κ3) is 4.02. The molecule has 0 aromatic heterocycles. The number of anilines is 1. The summed E-state index contributed by atoms with van der Waals surface area (Å²) in [5, 5.41) is 8.75. The van der Waals surface area contributed by atoms with E-state index in [1.54, 1.807) is 0 Å². The van der Waals surface area contributed by atoms with Gasteiger partial charge >= 0.3 is 5.97 Å². The number of nitrogens with zero attached hydrogens (tertiary/aromatic N) is 1. The first-order valence-electron chi connectivity index (χ1n) is 6.98. The molecule has 1 aliphatic rings. The minimum absolute atomic E-state index is 0.180. The summed E-state index contributed by atoms with van der Waals surface area (Å²) in [5.74, 6) is 0.0378. The molecule has 0 radical (unpaired) electrons. The molecule has 1 N–H and O–H groups in total. The summed E-state index contributed by atoms with van der Waals surface area (Å²) < 4.78 is 5.62. The molecule has 0 unspecified atom stereocenters. The van der Waals surface area contributed by atoms with E-state index < -0.39 is 5.97 Å². The molecule has 1 aromatic carbocycles. The van der Waals surface area contributed by atoms with Crippen molar-refractivity contribution in [3.05, 3.63) is 35.9 Å². The van der Waals surface area contributed by atoms with E-state index in [0.717, 1.165) is 42.9 Å². The quantitative estimate of drug-likeness (QED) is 0.858. The van der Waals surface area contributed by atoms with Crippen LogP contribution in [0.25, 0.3) is 0 Å². The van der Waals surface area contributed by atoms with Gasteiger partial charge in [-0.05, 0) is 51.0 Å².